The summed E-state index contributed by atoms with van der Waals surface area (Å²) in [6.07, 6.45) is 1.56. The second kappa shape index (κ2) is 2.27. The average molecular weight is 149 g/mol. The van der Waals surface area contributed by atoms with Gasteiger partial charge in [0.1, 0.15) is 0 Å². The van der Waals surface area contributed by atoms with Gasteiger partial charge in [-0.1, -0.05) is 0 Å². The van der Waals surface area contributed by atoms with Crippen molar-refractivity contribution in [3.05, 3.63) is 0 Å². The summed E-state index contributed by atoms with van der Waals surface area (Å²) in [6.45, 7) is 0.294. The molecule has 0 bridgehead atoms. The zero-order valence-electron chi connectivity index (χ0n) is 5.21. The summed E-state index contributed by atoms with van der Waals surface area (Å²) in [6, 6.07) is 0. The number of hydrogen-bond acceptors (Lipinski definition) is 3. The Labute approximate surface area is 55.2 Å². The Hall–Kier alpha value is -0.0900. The highest BCUT2D eigenvalue weighted by atomic mass is 32.2. The molecule has 0 aromatic carbocycles. The molecule has 0 aliphatic carbocycles. The fourth-order valence-corrected chi connectivity index (χ4v) is 2.84. The number of sulfone groups is 1. The molecular weight excluding hydrogens is 138 g/mol. The van der Waals surface area contributed by atoms with Gasteiger partial charge < -0.3 is 5.73 Å². The fourth-order valence-electron chi connectivity index (χ4n) is 1.12. The van der Waals surface area contributed by atoms with Gasteiger partial charge in [0.25, 0.3) is 0 Å². The maximum atomic E-state index is 10.9. The van der Waals surface area contributed by atoms with Gasteiger partial charge >= 0.3 is 0 Å². The molecule has 1 aliphatic heterocycles. The number of rotatable bonds is 1. The van der Waals surface area contributed by atoms with Crippen LogP contribution in [0.3, 0.4) is 0 Å². The molecule has 0 saturated carbocycles. The molecule has 1 heterocycles. The predicted octanol–water partition coefficient (Wildman–Crippen LogP) is -0.478. The van der Waals surface area contributed by atoms with Crippen LogP contribution in [0, 0.1) is 0 Å². The number of hydrogen-bond donors (Lipinski definition) is 1. The van der Waals surface area contributed by atoms with Crippen LogP contribution in [0.2, 0.25) is 0 Å². The maximum Gasteiger partial charge on any atom is 0.154 e. The summed E-state index contributed by atoms with van der Waals surface area (Å²) in [7, 11) is -2.76. The third-order valence-electron chi connectivity index (χ3n) is 1.73. The summed E-state index contributed by atoms with van der Waals surface area (Å²) < 4.78 is 21.8. The van der Waals surface area contributed by atoms with Gasteiger partial charge in [-0.2, -0.15) is 0 Å². The van der Waals surface area contributed by atoms with Crippen molar-refractivity contribution in [2.75, 3.05) is 12.3 Å². The Morgan fingerprint density at radius 2 is 2.22 bits per heavy atom. The second-order valence-electron chi connectivity index (χ2n) is 2.37. The van der Waals surface area contributed by atoms with Crippen molar-refractivity contribution >= 4 is 9.84 Å². The van der Waals surface area contributed by atoms with E-state index in [1.54, 1.807) is 0 Å². The second-order valence-corrected chi connectivity index (χ2v) is 4.77. The van der Waals surface area contributed by atoms with Gasteiger partial charge in [-0.25, -0.2) is 8.42 Å². The lowest BCUT2D eigenvalue weighted by atomic mass is 10.2. The maximum absolute atomic E-state index is 10.9. The molecule has 9 heavy (non-hydrogen) atoms. The molecule has 2 N–H and O–H groups in total. The minimum Gasteiger partial charge on any atom is -0.329 e. The van der Waals surface area contributed by atoms with E-state index < -0.39 is 9.84 Å². The van der Waals surface area contributed by atoms with Gasteiger partial charge in [-0.05, 0) is 12.8 Å². The van der Waals surface area contributed by atoms with Crippen molar-refractivity contribution in [3.8, 4) is 0 Å². The van der Waals surface area contributed by atoms with Crippen LogP contribution in [-0.2, 0) is 9.84 Å². The summed E-state index contributed by atoms with van der Waals surface area (Å²) >= 11 is 0. The van der Waals surface area contributed by atoms with Gasteiger partial charge in [0.15, 0.2) is 9.84 Å². The van der Waals surface area contributed by atoms with Crippen LogP contribution in [0.1, 0.15) is 12.8 Å². The van der Waals surface area contributed by atoms with E-state index in [0.29, 0.717) is 12.3 Å². The first-order valence-electron chi connectivity index (χ1n) is 3.08. The highest BCUT2D eigenvalue weighted by Crippen LogP contribution is 2.18. The molecule has 54 valence electrons. The Kier molecular flexibility index (Phi) is 1.77. The van der Waals surface area contributed by atoms with Crippen LogP contribution in [0.5, 0.6) is 0 Å². The van der Waals surface area contributed by atoms with Gasteiger partial charge in [0, 0.05) is 6.54 Å². The van der Waals surface area contributed by atoms with E-state index in [2.05, 4.69) is 0 Å². The fraction of sp³-hybridized carbons (Fsp3) is 1.00. The van der Waals surface area contributed by atoms with Crippen molar-refractivity contribution in [3.63, 3.8) is 0 Å². The molecule has 0 unspecified atom stereocenters. The normalized spacial score (nSPS) is 32.8. The van der Waals surface area contributed by atoms with E-state index in [0.717, 1.165) is 12.8 Å². The lowest BCUT2D eigenvalue weighted by Crippen LogP contribution is -2.25. The Balaban J connectivity index is 2.75. The van der Waals surface area contributed by atoms with Crippen molar-refractivity contribution in [1.29, 1.82) is 0 Å². The first-order valence-corrected chi connectivity index (χ1v) is 4.80. The molecule has 3 nitrogen and oxygen atoms in total. The first-order chi connectivity index (χ1) is 4.17. The molecule has 1 atom stereocenters. The molecule has 1 fully saturated rings. The van der Waals surface area contributed by atoms with Gasteiger partial charge in [-0.3, -0.25) is 0 Å². The molecule has 1 rings (SSSR count). The van der Waals surface area contributed by atoms with Crippen LogP contribution in [-0.4, -0.2) is 26.0 Å². The summed E-state index contributed by atoms with van der Waals surface area (Å²) in [5, 5.41) is -0.238. The van der Waals surface area contributed by atoms with Crippen LogP contribution in [0.15, 0.2) is 0 Å². The monoisotopic (exact) mass is 149 g/mol. The van der Waals surface area contributed by atoms with Crippen LogP contribution in [0.25, 0.3) is 0 Å². The highest BCUT2D eigenvalue weighted by molar-refractivity contribution is 7.92. The van der Waals surface area contributed by atoms with E-state index in [1.165, 1.54) is 0 Å². The third-order valence-corrected chi connectivity index (χ3v) is 4.03. The zero-order chi connectivity index (χ0) is 6.91. The lowest BCUT2D eigenvalue weighted by molar-refractivity contribution is 0.590. The van der Waals surface area contributed by atoms with Gasteiger partial charge in [0.05, 0.1) is 11.0 Å². The summed E-state index contributed by atoms with van der Waals surface area (Å²) in [4.78, 5) is 0. The van der Waals surface area contributed by atoms with Crippen LogP contribution < -0.4 is 5.73 Å². The van der Waals surface area contributed by atoms with Crippen LogP contribution in [0.4, 0.5) is 0 Å². The smallest absolute Gasteiger partial charge is 0.154 e. The van der Waals surface area contributed by atoms with Crippen molar-refractivity contribution in [2.24, 2.45) is 5.73 Å². The highest BCUT2D eigenvalue weighted by Gasteiger charge is 2.29. The molecule has 1 saturated heterocycles. The Morgan fingerprint density at radius 1 is 1.56 bits per heavy atom. The molecule has 0 radical (unpaired) electrons. The minimum absolute atomic E-state index is 0.238. The molecule has 0 spiro atoms. The lowest BCUT2D eigenvalue weighted by Gasteiger charge is -2.02. The van der Waals surface area contributed by atoms with E-state index in [9.17, 15) is 8.42 Å². The summed E-state index contributed by atoms with van der Waals surface area (Å²) in [5.41, 5.74) is 5.23. The van der Waals surface area contributed by atoms with E-state index >= 15 is 0 Å². The third kappa shape index (κ3) is 1.24. The Morgan fingerprint density at radius 3 is 2.44 bits per heavy atom. The topological polar surface area (TPSA) is 60.2 Å². The quantitative estimate of drug-likeness (QED) is 0.548. The SMILES string of the molecule is NC[C@@H]1CCCS1(=O)=O. The molecule has 4 heteroatoms. The van der Waals surface area contributed by atoms with Crippen molar-refractivity contribution in [2.45, 2.75) is 18.1 Å². The van der Waals surface area contributed by atoms with Crippen molar-refractivity contribution in [1.82, 2.24) is 0 Å². The largest absolute Gasteiger partial charge is 0.329 e. The average Bonchev–Trinajstić information content (AvgIpc) is 2.08. The Bertz CT molecular complexity index is 185. The van der Waals surface area contributed by atoms with E-state index in [1.807, 2.05) is 0 Å². The molecule has 1 aliphatic rings. The molecule has 0 aromatic heterocycles. The number of nitrogens with two attached hydrogens (primary N) is 1. The van der Waals surface area contributed by atoms with E-state index in [-0.39, 0.29) is 5.25 Å². The van der Waals surface area contributed by atoms with Gasteiger partial charge in [0.2, 0.25) is 0 Å². The first kappa shape index (κ1) is 7.02. The van der Waals surface area contributed by atoms with Crippen LogP contribution >= 0.6 is 0 Å². The zero-order valence-corrected chi connectivity index (χ0v) is 6.02. The van der Waals surface area contributed by atoms with Crippen molar-refractivity contribution < 1.29 is 8.42 Å². The molecular formula is C5H11NO2S. The standard InChI is InChI=1S/C5H11NO2S/c6-4-5-2-1-3-9(5,7)8/h5H,1-4,6H2/t5-/m0/s1. The summed E-state index contributed by atoms with van der Waals surface area (Å²) in [5.74, 6) is 0.342. The molecule has 0 aromatic rings. The predicted molar refractivity (Wildman–Crippen MR) is 35.9 cm³/mol. The van der Waals surface area contributed by atoms with E-state index in [4.69, 9.17) is 5.73 Å². The molecule has 0 amide bonds. The van der Waals surface area contributed by atoms with Gasteiger partial charge in [-0.15, -0.1) is 0 Å². The minimum atomic E-state index is -2.76.